The van der Waals surface area contributed by atoms with Crippen LogP contribution in [-0.2, 0) is 0 Å². The van der Waals surface area contributed by atoms with E-state index in [0.29, 0.717) is 26.9 Å². The van der Waals surface area contributed by atoms with Crippen LogP contribution in [0.15, 0.2) is 42.5 Å². The van der Waals surface area contributed by atoms with Crippen LogP contribution in [0, 0.1) is 0 Å². The molecule has 0 aliphatic heterocycles. The Hall–Kier alpha value is -1.51. The van der Waals surface area contributed by atoms with E-state index in [-0.39, 0.29) is 5.78 Å². The lowest BCUT2D eigenvalue weighted by Crippen LogP contribution is -2.02. The van der Waals surface area contributed by atoms with Gasteiger partial charge < -0.3 is 5.73 Å². The first-order valence-corrected chi connectivity index (χ1v) is 5.68. The third kappa shape index (κ3) is 2.78. The zero-order chi connectivity index (χ0) is 12.4. The second-order valence-electron chi connectivity index (χ2n) is 3.61. The molecule has 0 saturated heterocycles. The first-order valence-electron chi connectivity index (χ1n) is 4.92. The van der Waals surface area contributed by atoms with Crippen LogP contribution in [-0.4, -0.2) is 5.78 Å². The summed E-state index contributed by atoms with van der Waals surface area (Å²) in [5.41, 5.74) is 7.13. The summed E-state index contributed by atoms with van der Waals surface area (Å²) in [4.78, 5) is 12.1. The number of carbonyl (C=O) groups excluding carboxylic acids is 1. The van der Waals surface area contributed by atoms with E-state index in [1.54, 1.807) is 42.5 Å². The number of nitrogen functional groups attached to an aromatic ring is 1. The van der Waals surface area contributed by atoms with Gasteiger partial charge in [0.15, 0.2) is 5.78 Å². The molecule has 2 aromatic carbocycles. The predicted molar refractivity (Wildman–Crippen MR) is 70.7 cm³/mol. The van der Waals surface area contributed by atoms with Gasteiger partial charge in [0.2, 0.25) is 0 Å². The molecule has 0 atom stereocenters. The van der Waals surface area contributed by atoms with E-state index >= 15 is 0 Å². The molecule has 0 fully saturated rings. The Kier molecular flexibility index (Phi) is 3.36. The summed E-state index contributed by atoms with van der Waals surface area (Å²) >= 11 is 11.6. The number of hydrogen-bond donors (Lipinski definition) is 1. The molecule has 0 unspecified atom stereocenters. The Labute approximate surface area is 109 Å². The highest BCUT2D eigenvalue weighted by molar-refractivity contribution is 6.31. The van der Waals surface area contributed by atoms with Gasteiger partial charge in [-0.2, -0.15) is 0 Å². The summed E-state index contributed by atoms with van der Waals surface area (Å²) in [5.74, 6) is -0.129. The molecule has 0 saturated carbocycles. The minimum Gasteiger partial charge on any atom is -0.399 e. The highest BCUT2D eigenvalue weighted by atomic mass is 35.5. The molecule has 0 aliphatic carbocycles. The summed E-state index contributed by atoms with van der Waals surface area (Å²) in [6, 6.07) is 11.5. The van der Waals surface area contributed by atoms with Crippen LogP contribution in [0.5, 0.6) is 0 Å². The second kappa shape index (κ2) is 4.78. The Morgan fingerprint density at radius 2 is 1.53 bits per heavy atom. The molecule has 2 rings (SSSR count). The van der Waals surface area contributed by atoms with Gasteiger partial charge in [-0.3, -0.25) is 4.79 Å². The Bertz CT molecular complexity index is 544. The third-order valence-corrected chi connectivity index (χ3v) is 2.76. The predicted octanol–water partition coefficient (Wildman–Crippen LogP) is 3.81. The first-order chi connectivity index (χ1) is 8.06. The molecule has 0 radical (unpaired) electrons. The quantitative estimate of drug-likeness (QED) is 0.663. The van der Waals surface area contributed by atoms with Crippen LogP contribution in [0.1, 0.15) is 15.9 Å². The highest BCUT2D eigenvalue weighted by Gasteiger charge is 2.10. The zero-order valence-electron chi connectivity index (χ0n) is 8.78. The molecule has 0 heterocycles. The summed E-state index contributed by atoms with van der Waals surface area (Å²) < 4.78 is 0. The topological polar surface area (TPSA) is 43.1 Å². The molecule has 2 nitrogen and oxygen atoms in total. The van der Waals surface area contributed by atoms with Gasteiger partial charge in [0.25, 0.3) is 0 Å². The van der Waals surface area contributed by atoms with Gasteiger partial charge in [0.05, 0.1) is 0 Å². The molecule has 0 amide bonds. The van der Waals surface area contributed by atoms with Crippen molar-refractivity contribution in [2.24, 2.45) is 0 Å². The van der Waals surface area contributed by atoms with Crippen molar-refractivity contribution in [2.75, 3.05) is 5.73 Å². The fraction of sp³-hybridized carbons (Fsp3) is 0. The van der Waals surface area contributed by atoms with E-state index in [2.05, 4.69) is 0 Å². The molecule has 2 N–H and O–H groups in total. The molecular weight excluding hydrogens is 257 g/mol. The van der Waals surface area contributed by atoms with Crippen LogP contribution >= 0.6 is 23.2 Å². The SMILES string of the molecule is Nc1cc(Cl)cc(C(=O)c2ccc(Cl)cc2)c1. The van der Waals surface area contributed by atoms with Crippen molar-refractivity contribution < 1.29 is 4.79 Å². The summed E-state index contributed by atoms with van der Waals surface area (Å²) in [6.45, 7) is 0. The molecule has 86 valence electrons. The largest absolute Gasteiger partial charge is 0.399 e. The minimum atomic E-state index is -0.129. The van der Waals surface area contributed by atoms with Crippen LogP contribution in [0.4, 0.5) is 5.69 Å². The molecule has 0 aromatic heterocycles. The number of halogens is 2. The Balaban J connectivity index is 2.40. The fourth-order valence-electron chi connectivity index (χ4n) is 1.51. The maximum atomic E-state index is 12.1. The average Bonchev–Trinajstić information content (AvgIpc) is 2.28. The highest BCUT2D eigenvalue weighted by Crippen LogP contribution is 2.20. The molecule has 0 bridgehead atoms. The van der Waals surface area contributed by atoms with Crippen LogP contribution in [0.3, 0.4) is 0 Å². The first kappa shape index (κ1) is 12.0. The number of benzene rings is 2. The number of carbonyl (C=O) groups is 1. The summed E-state index contributed by atoms with van der Waals surface area (Å²) in [7, 11) is 0. The molecule has 0 spiro atoms. The lowest BCUT2D eigenvalue weighted by atomic mass is 10.0. The molecular formula is C13H9Cl2NO. The molecule has 4 heteroatoms. The number of anilines is 1. The minimum absolute atomic E-state index is 0.129. The van der Waals surface area contributed by atoms with E-state index in [1.807, 2.05) is 0 Å². The van der Waals surface area contributed by atoms with E-state index in [4.69, 9.17) is 28.9 Å². The summed E-state index contributed by atoms with van der Waals surface area (Å²) in [6.07, 6.45) is 0. The lowest BCUT2D eigenvalue weighted by molar-refractivity contribution is 0.103. The normalized spacial score (nSPS) is 10.2. The van der Waals surface area contributed by atoms with E-state index in [1.165, 1.54) is 0 Å². The molecule has 17 heavy (non-hydrogen) atoms. The van der Waals surface area contributed by atoms with Crippen LogP contribution < -0.4 is 5.73 Å². The van der Waals surface area contributed by atoms with Crippen molar-refractivity contribution in [1.82, 2.24) is 0 Å². The standard InChI is InChI=1S/C13H9Cl2NO/c14-10-3-1-8(2-4-10)13(17)9-5-11(15)7-12(16)6-9/h1-7H,16H2. The van der Waals surface area contributed by atoms with Gasteiger partial charge in [-0.05, 0) is 42.5 Å². The average molecular weight is 266 g/mol. The van der Waals surface area contributed by atoms with Gasteiger partial charge in [-0.25, -0.2) is 0 Å². The molecule has 0 aliphatic rings. The van der Waals surface area contributed by atoms with Gasteiger partial charge in [-0.1, -0.05) is 23.2 Å². The van der Waals surface area contributed by atoms with Gasteiger partial charge in [-0.15, -0.1) is 0 Å². The van der Waals surface area contributed by atoms with Crippen molar-refractivity contribution in [2.45, 2.75) is 0 Å². The zero-order valence-corrected chi connectivity index (χ0v) is 10.3. The number of nitrogens with two attached hydrogens (primary N) is 1. The fourth-order valence-corrected chi connectivity index (χ4v) is 1.88. The number of rotatable bonds is 2. The smallest absolute Gasteiger partial charge is 0.193 e. The van der Waals surface area contributed by atoms with E-state index in [9.17, 15) is 4.79 Å². The monoisotopic (exact) mass is 265 g/mol. The Morgan fingerprint density at radius 3 is 2.12 bits per heavy atom. The second-order valence-corrected chi connectivity index (χ2v) is 4.48. The summed E-state index contributed by atoms with van der Waals surface area (Å²) in [5, 5.41) is 1.04. The van der Waals surface area contributed by atoms with Crippen molar-refractivity contribution in [3.63, 3.8) is 0 Å². The van der Waals surface area contributed by atoms with Crippen molar-refractivity contribution >= 4 is 34.7 Å². The van der Waals surface area contributed by atoms with E-state index in [0.717, 1.165) is 0 Å². The van der Waals surface area contributed by atoms with Crippen molar-refractivity contribution in [3.8, 4) is 0 Å². The van der Waals surface area contributed by atoms with Crippen LogP contribution in [0.2, 0.25) is 10.0 Å². The lowest BCUT2D eigenvalue weighted by Gasteiger charge is -2.03. The Morgan fingerprint density at radius 1 is 0.882 bits per heavy atom. The number of ketones is 1. The van der Waals surface area contributed by atoms with Crippen LogP contribution in [0.25, 0.3) is 0 Å². The van der Waals surface area contributed by atoms with Gasteiger partial charge >= 0.3 is 0 Å². The van der Waals surface area contributed by atoms with Gasteiger partial charge in [0.1, 0.15) is 0 Å². The van der Waals surface area contributed by atoms with E-state index < -0.39 is 0 Å². The maximum Gasteiger partial charge on any atom is 0.193 e. The molecule has 2 aromatic rings. The third-order valence-electron chi connectivity index (χ3n) is 2.29. The van der Waals surface area contributed by atoms with Crippen molar-refractivity contribution in [3.05, 3.63) is 63.6 Å². The van der Waals surface area contributed by atoms with Crippen molar-refractivity contribution in [1.29, 1.82) is 0 Å². The maximum absolute atomic E-state index is 12.1. The number of hydrogen-bond acceptors (Lipinski definition) is 2. The van der Waals surface area contributed by atoms with Gasteiger partial charge in [0, 0.05) is 26.9 Å².